The van der Waals surface area contributed by atoms with Gasteiger partial charge in [0, 0.05) is 25.6 Å². The molecule has 4 amide bonds. The van der Waals surface area contributed by atoms with Crippen LogP contribution in [0.2, 0.25) is 0 Å². The van der Waals surface area contributed by atoms with Gasteiger partial charge in [-0.05, 0) is 58.9 Å². The van der Waals surface area contributed by atoms with Gasteiger partial charge in [-0.2, -0.15) is 0 Å². The number of ether oxygens (including phenoxy) is 1. The molecule has 0 aliphatic carbocycles. The third kappa shape index (κ3) is 9.17. The summed E-state index contributed by atoms with van der Waals surface area (Å²) in [6.07, 6.45) is 0.359. The number of likely N-dealkylation sites (tertiary alicyclic amines) is 1. The van der Waals surface area contributed by atoms with Crippen molar-refractivity contribution in [3.05, 3.63) is 35.4 Å². The summed E-state index contributed by atoms with van der Waals surface area (Å²) in [4.78, 5) is 52.2. The Morgan fingerprint density at radius 2 is 1.58 bits per heavy atom. The number of hydrogen-bond acceptors (Lipinski definition) is 5. The van der Waals surface area contributed by atoms with Crippen LogP contribution in [-0.4, -0.2) is 59.5 Å². The van der Waals surface area contributed by atoms with Gasteiger partial charge in [0.25, 0.3) is 0 Å². The van der Waals surface area contributed by atoms with Gasteiger partial charge in [0.15, 0.2) is 0 Å². The summed E-state index contributed by atoms with van der Waals surface area (Å²) >= 11 is 0. The Kier molecular flexibility index (Phi) is 10.3. The van der Waals surface area contributed by atoms with Gasteiger partial charge >= 0.3 is 6.09 Å². The number of nitrogens with zero attached hydrogens (tertiary/aromatic N) is 1. The van der Waals surface area contributed by atoms with E-state index in [9.17, 15) is 19.2 Å². The molecule has 1 heterocycles. The topological polar surface area (TPSA) is 117 Å². The number of rotatable bonds is 8. The Morgan fingerprint density at radius 3 is 2.11 bits per heavy atom. The second-order valence-corrected chi connectivity index (χ2v) is 10.9. The van der Waals surface area contributed by atoms with Crippen LogP contribution in [0, 0.1) is 18.8 Å². The molecule has 200 valence electrons. The molecule has 1 aliphatic heterocycles. The highest BCUT2D eigenvalue weighted by molar-refractivity contribution is 5.89. The molecule has 0 spiro atoms. The zero-order chi connectivity index (χ0) is 27.0. The summed E-state index contributed by atoms with van der Waals surface area (Å²) in [6.45, 7) is 13.9. The number of piperidine rings is 1. The Morgan fingerprint density at radius 1 is 1.00 bits per heavy atom. The van der Waals surface area contributed by atoms with Crippen LogP contribution < -0.4 is 16.0 Å². The summed E-state index contributed by atoms with van der Waals surface area (Å²) < 4.78 is 5.30. The van der Waals surface area contributed by atoms with E-state index in [4.69, 9.17) is 4.74 Å². The van der Waals surface area contributed by atoms with Crippen molar-refractivity contribution in [2.45, 2.75) is 85.5 Å². The van der Waals surface area contributed by atoms with E-state index in [2.05, 4.69) is 16.0 Å². The molecule has 1 saturated heterocycles. The predicted octanol–water partition coefficient (Wildman–Crippen LogP) is 2.90. The number of benzene rings is 1. The van der Waals surface area contributed by atoms with Crippen molar-refractivity contribution in [2.75, 3.05) is 13.1 Å². The Bertz CT molecular complexity index is 915. The number of aryl methyl sites for hydroxylation is 1. The molecule has 0 saturated carbocycles. The predicted molar refractivity (Wildman–Crippen MR) is 138 cm³/mol. The normalized spacial score (nSPS) is 16.2. The minimum atomic E-state index is -0.706. The van der Waals surface area contributed by atoms with E-state index < -0.39 is 23.8 Å². The Labute approximate surface area is 214 Å². The van der Waals surface area contributed by atoms with Crippen molar-refractivity contribution in [1.82, 2.24) is 20.9 Å². The van der Waals surface area contributed by atoms with E-state index in [0.717, 1.165) is 11.1 Å². The lowest BCUT2D eigenvalue weighted by Gasteiger charge is -2.35. The zero-order valence-electron chi connectivity index (χ0n) is 22.6. The van der Waals surface area contributed by atoms with Crippen LogP contribution >= 0.6 is 0 Å². The quantitative estimate of drug-likeness (QED) is 0.505. The largest absolute Gasteiger partial charge is 0.444 e. The van der Waals surface area contributed by atoms with E-state index in [1.54, 1.807) is 32.6 Å². The number of carbonyl (C=O) groups excluding carboxylic acids is 4. The van der Waals surface area contributed by atoms with Gasteiger partial charge < -0.3 is 25.6 Å². The molecule has 0 aromatic heterocycles. The summed E-state index contributed by atoms with van der Waals surface area (Å²) in [6, 6.07) is 6.52. The molecular formula is C27H42N4O5. The van der Waals surface area contributed by atoms with Gasteiger partial charge in [0.05, 0.1) is 0 Å². The fourth-order valence-corrected chi connectivity index (χ4v) is 3.95. The second kappa shape index (κ2) is 12.7. The fraction of sp³-hybridized carbons (Fsp3) is 0.630. The first-order valence-electron chi connectivity index (χ1n) is 12.7. The average molecular weight is 503 g/mol. The second-order valence-electron chi connectivity index (χ2n) is 10.9. The first-order chi connectivity index (χ1) is 16.8. The van der Waals surface area contributed by atoms with Gasteiger partial charge in [-0.25, -0.2) is 4.79 Å². The third-order valence-electron chi connectivity index (χ3n) is 6.12. The molecule has 3 N–H and O–H groups in total. The molecular weight excluding hydrogens is 460 g/mol. The maximum atomic E-state index is 13.1. The smallest absolute Gasteiger partial charge is 0.408 e. The van der Waals surface area contributed by atoms with Crippen molar-refractivity contribution in [3.63, 3.8) is 0 Å². The lowest BCUT2D eigenvalue weighted by Crippen LogP contribution is -2.54. The van der Waals surface area contributed by atoms with Crippen LogP contribution in [0.4, 0.5) is 4.79 Å². The highest BCUT2D eigenvalue weighted by Crippen LogP contribution is 2.20. The van der Waals surface area contributed by atoms with Gasteiger partial charge in [-0.3, -0.25) is 14.4 Å². The number of hydrogen-bond donors (Lipinski definition) is 3. The summed E-state index contributed by atoms with van der Waals surface area (Å²) in [7, 11) is 0. The molecule has 9 heteroatoms. The highest BCUT2D eigenvalue weighted by Gasteiger charge is 2.34. The Balaban J connectivity index is 1.82. The van der Waals surface area contributed by atoms with Crippen LogP contribution in [0.5, 0.6) is 0 Å². The summed E-state index contributed by atoms with van der Waals surface area (Å²) in [5, 5.41) is 8.34. The monoisotopic (exact) mass is 502 g/mol. The lowest BCUT2D eigenvalue weighted by atomic mass is 9.94. The van der Waals surface area contributed by atoms with Gasteiger partial charge in [-0.1, -0.05) is 43.7 Å². The van der Waals surface area contributed by atoms with Crippen LogP contribution in [0.1, 0.15) is 65.5 Å². The molecule has 1 aromatic rings. The van der Waals surface area contributed by atoms with Gasteiger partial charge in [0.2, 0.25) is 17.7 Å². The maximum Gasteiger partial charge on any atom is 0.408 e. The number of amides is 4. The molecule has 36 heavy (non-hydrogen) atoms. The SMILES string of the molecule is Cc1ccc(CNC(=O)[C@H](C)NC(=O)C2CCN(C(=O)[C@@H](NC(=O)OC(C)(C)C)C(C)C)CC2)cc1. The number of alkyl carbamates (subject to hydrolysis) is 1. The summed E-state index contributed by atoms with van der Waals surface area (Å²) in [5.74, 6) is -1.02. The van der Waals surface area contributed by atoms with E-state index in [-0.39, 0.29) is 29.6 Å². The number of nitrogens with one attached hydrogen (secondary N) is 3. The molecule has 0 bridgehead atoms. The molecule has 0 unspecified atom stereocenters. The fourth-order valence-electron chi connectivity index (χ4n) is 3.95. The van der Waals surface area contributed by atoms with E-state index >= 15 is 0 Å². The standard InChI is InChI=1S/C27H42N4O5/c1-17(2)22(30-26(35)36-27(5,6)7)25(34)31-14-12-21(13-15-31)24(33)29-19(4)23(32)28-16-20-10-8-18(3)9-11-20/h8-11,17,19,21-22H,12-16H2,1-7H3,(H,28,32)(H,29,33)(H,30,35)/t19-,22-/m0/s1. The highest BCUT2D eigenvalue weighted by atomic mass is 16.6. The minimum Gasteiger partial charge on any atom is -0.444 e. The van der Waals surface area contributed by atoms with Crippen LogP contribution in [-0.2, 0) is 25.7 Å². The van der Waals surface area contributed by atoms with Crippen molar-refractivity contribution in [2.24, 2.45) is 11.8 Å². The summed E-state index contributed by atoms with van der Waals surface area (Å²) in [5.41, 5.74) is 1.48. The molecule has 2 atom stereocenters. The van der Waals surface area contributed by atoms with Crippen molar-refractivity contribution in [3.8, 4) is 0 Å². The lowest BCUT2D eigenvalue weighted by molar-refractivity contribution is -0.138. The molecule has 2 rings (SSSR count). The minimum absolute atomic E-state index is 0.120. The molecule has 1 fully saturated rings. The van der Waals surface area contributed by atoms with Crippen molar-refractivity contribution in [1.29, 1.82) is 0 Å². The van der Waals surface area contributed by atoms with Crippen molar-refractivity contribution >= 4 is 23.8 Å². The molecule has 1 aliphatic rings. The third-order valence-corrected chi connectivity index (χ3v) is 6.12. The van der Waals surface area contributed by atoms with Gasteiger partial charge in [0.1, 0.15) is 17.7 Å². The van der Waals surface area contributed by atoms with Gasteiger partial charge in [-0.15, -0.1) is 0 Å². The van der Waals surface area contributed by atoms with E-state index in [1.165, 1.54) is 0 Å². The Hall–Kier alpha value is -3.10. The number of carbonyl (C=O) groups is 4. The van der Waals surface area contributed by atoms with Crippen LogP contribution in [0.3, 0.4) is 0 Å². The van der Waals surface area contributed by atoms with Crippen LogP contribution in [0.25, 0.3) is 0 Å². The van der Waals surface area contributed by atoms with Crippen LogP contribution in [0.15, 0.2) is 24.3 Å². The average Bonchev–Trinajstić information content (AvgIpc) is 2.80. The first kappa shape index (κ1) is 29.1. The maximum absolute atomic E-state index is 13.1. The van der Waals surface area contributed by atoms with Crippen molar-refractivity contribution < 1.29 is 23.9 Å². The molecule has 9 nitrogen and oxygen atoms in total. The van der Waals surface area contributed by atoms with E-state index in [0.29, 0.717) is 32.5 Å². The molecule has 1 aromatic carbocycles. The molecule has 0 radical (unpaired) electrons. The first-order valence-corrected chi connectivity index (χ1v) is 12.7. The van der Waals surface area contributed by atoms with E-state index in [1.807, 2.05) is 45.0 Å². The zero-order valence-corrected chi connectivity index (χ0v) is 22.6.